The number of nitrogens with zero attached hydrogens (tertiary/aromatic N) is 1. The van der Waals surface area contributed by atoms with E-state index < -0.39 is 0 Å². The van der Waals surface area contributed by atoms with Gasteiger partial charge in [-0.15, -0.1) is 0 Å². The lowest BCUT2D eigenvalue weighted by atomic mass is 9.88. The van der Waals surface area contributed by atoms with Crippen LogP contribution in [0.1, 0.15) is 26.7 Å². The van der Waals surface area contributed by atoms with E-state index in [1.54, 1.807) is 24.2 Å². The molecule has 1 aliphatic rings. The summed E-state index contributed by atoms with van der Waals surface area (Å²) in [6, 6.07) is 0.236. The molecule has 1 heterocycles. The van der Waals surface area contributed by atoms with E-state index in [1.165, 1.54) is 6.42 Å². The molecule has 0 aliphatic heterocycles. The quantitative estimate of drug-likeness (QED) is 0.817. The first-order valence-corrected chi connectivity index (χ1v) is 5.79. The first-order chi connectivity index (χ1) is 6.59. The standard InChI is InChI=1S/C10H16N2OS/c1-10(2)4-3-7(8(10)11)14-9-12-5-6-13-9/h5-8H,3-4,11H2,1-2H3. The molecule has 1 aromatic heterocycles. The second-order valence-electron chi connectivity index (χ2n) is 4.51. The largest absolute Gasteiger partial charge is 0.440 e. The third-order valence-electron chi connectivity index (χ3n) is 3.04. The number of thioether (sulfide) groups is 1. The fourth-order valence-electron chi connectivity index (χ4n) is 1.89. The van der Waals surface area contributed by atoms with E-state index in [9.17, 15) is 0 Å². The molecule has 2 N–H and O–H groups in total. The second kappa shape index (κ2) is 3.59. The molecule has 0 radical (unpaired) electrons. The number of rotatable bonds is 2. The van der Waals surface area contributed by atoms with Gasteiger partial charge in [0.15, 0.2) is 0 Å². The normalized spacial score (nSPS) is 30.8. The molecule has 0 aromatic carbocycles. The summed E-state index contributed by atoms with van der Waals surface area (Å²) in [5.41, 5.74) is 6.44. The molecule has 0 amide bonds. The molecule has 2 rings (SSSR count). The van der Waals surface area contributed by atoms with Crippen LogP contribution in [0, 0.1) is 5.41 Å². The van der Waals surface area contributed by atoms with E-state index in [4.69, 9.17) is 10.2 Å². The molecule has 1 fully saturated rings. The molecule has 0 spiro atoms. The van der Waals surface area contributed by atoms with Gasteiger partial charge < -0.3 is 10.2 Å². The highest BCUT2D eigenvalue weighted by Gasteiger charge is 2.40. The molecule has 1 saturated carbocycles. The second-order valence-corrected chi connectivity index (χ2v) is 5.70. The van der Waals surface area contributed by atoms with Gasteiger partial charge in [-0.05, 0) is 18.3 Å². The molecule has 2 atom stereocenters. The van der Waals surface area contributed by atoms with Crippen molar-refractivity contribution in [2.24, 2.45) is 11.1 Å². The highest BCUT2D eigenvalue weighted by atomic mass is 32.2. The zero-order valence-electron chi connectivity index (χ0n) is 8.56. The summed E-state index contributed by atoms with van der Waals surface area (Å²) >= 11 is 1.67. The van der Waals surface area contributed by atoms with Crippen molar-refractivity contribution in [1.82, 2.24) is 4.98 Å². The average Bonchev–Trinajstić information content (AvgIpc) is 2.70. The number of nitrogens with two attached hydrogens (primary N) is 1. The van der Waals surface area contributed by atoms with Crippen molar-refractivity contribution >= 4 is 11.8 Å². The molecular weight excluding hydrogens is 196 g/mol. The smallest absolute Gasteiger partial charge is 0.255 e. The minimum absolute atomic E-state index is 0.236. The van der Waals surface area contributed by atoms with Crippen molar-refractivity contribution in [1.29, 1.82) is 0 Å². The minimum atomic E-state index is 0.236. The van der Waals surface area contributed by atoms with Crippen LogP contribution < -0.4 is 5.73 Å². The molecular formula is C10H16N2OS. The van der Waals surface area contributed by atoms with Crippen molar-refractivity contribution < 1.29 is 4.42 Å². The maximum absolute atomic E-state index is 6.18. The van der Waals surface area contributed by atoms with Crippen molar-refractivity contribution in [2.75, 3.05) is 0 Å². The zero-order chi connectivity index (χ0) is 10.2. The van der Waals surface area contributed by atoms with E-state index in [0.717, 1.165) is 11.6 Å². The van der Waals surface area contributed by atoms with Gasteiger partial charge in [0.2, 0.25) is 0 Å². The van der Waals surface area contributed by atoms with Crippen LogP contribution in [-0.4, -0.2) is 16.3 Å². The Morgan fingerprint density at radius 1 is 1.64 bits per heavy atom. The predicted molar refractivity (Wildman–Crippen MR) is 57.1 cm³/mol. The van der Waals surface area contributed by atoms with Crippen LogP contribution in [0.3, 0.4) is 0 Å². The van der Waals surface area contributed by atoms with Crippen molar-refractivity contribution in [3.63, 3.8) is 0 Å². The molecule has 78 valence electrons. The monoisotopic (exact) mass is 212 g/mol. The van der Waals surface area contributed by atoms with Crippen LogP contribution in [-0.2, 0) is 0 Å². The number of hydrogen-bond donors (Lipinski definition) is 1. The first-order valence-electron chi connectivity index (χ1n) is 4.91. The van der Waals surface area contributed by atoms with Crippen LogP contribution in [0.2, 0.25) is 0 Å². The Bertz CT molecular complexity index is 297. The summed E-state index contributed by atoms with van der Waals surface area (Å²) in [6.07, 6.45) is 5.62. The summed E-state index contributed by atoms with van der Waals surface area (Å²) in [5.74, 6) is 0. The van der Waals surface area contributed by atoms with Gasteiger partial charge in [0.25, 0.3) is 5.22 Å². The third kappa shape index (κ3) is 1.81. The fraction of sp³-hybridized carbons (Fsp3) is 0.700. The fourth-order valence-corrected chi connectivity index (χ4v) is 3.14. The molecule has 0 bridgehead atoms. The van der Waals surface area contributed by atoms with Gasteiger partial charge in [-0.25, -0.2) is 4.98 Å². The van der Waals surface area contributed by atoms with E-state index in [1.807, 2.05) is 0 Å². The molecule has 0 saturated heterocycles. The van der Waals surface area contributed by atoms with Gasteiger partial charge in [0.05, 0.1) is 6.20 Å². The van der Waals surface area contributed by atoms with Gasteiger partial charge >= 0.3 is 0 Å². The van der Waals surface area contributed by atoms with E-state index >= 15 is 0 Å². The van der Waals surface area contributed by atoms with Crippen molar-refractivity contribution in [2.45, 2.75) is 43.2 Å². The molecule has 2 unspecified atom stereocenters. The number of aromatic nitrogens is 1. The van der Waals surface area contributed by atoms with Gasteiger partial charge in [-0.1, -0.05) is 25.6 Å². The van der Waals surface area contributed by atoms with Crippen LogP contribution in [0.5, 0.6) is 0 Å². The minimum Gasteiger partial charge on any atom is -0.440 e. The van der Waals surface area contributed by atoms with Gasteiger partial charge in [0.1, 0.15) is 6.26 Å². The van der Waals surface area contributed by atoms with Crippen LogP contribution in [0.25, 0.3) is 0 Å². The van der Waals surface area contributed by atoms with Crippen LogP contribution >= 0.6 is 11.8 Å². The summed E-state index contributed by atoms with van der Waals surface area (Å²) in [5, 5.41) is 1.19. The van der Waals surface area contributed by atoms with Crippen molar-refractivity contribution in [3.05, 3.63) is 12.5 Å². The SMILES string of the molecule is CC1(C)CCC(Sc2ncco2)C1N. The number of oxazole rings is 1. The van der Waals surface area contributed by atoms with Gasteiger partial charge in [0, 0.05) is 11.3 Å². The lowest BCUT2D eigenvalue weighted by Crippen LogP contribution is -2.38. The molecule has 14 heavy (non-hydrogen) atoms. The van der Waals surface area contributed by atoms with Gasteiger partial charge in [-0.3, -0.25) is 0 Å². The Morgan fingerprint density at radius 3 is 2.93 bits per heavy atom. The van der Waals surface area contributed by atoms with Crippen molar-refractivity contribution in [3.8, 4) is 0 Å². The molecule has 3 nitrogen and oxygen atoms in total. The first kappa shape index (κ1) is 10.1. The van der Waals surface area contributed by atoms with Crippen LogP contribution in [0.4, 0.5) is 0 Å². The third-order valence-corrected chi connectivity index (χ3v) is 4.27. The maximum atomic E-state index is 6.18. The van der Waals surface area contributed by atoms with Crippen LogP contribution in [0.15, 0.2) is 22.1 Å². The van der Waals surface area contributed by atoms with Gasteiger partial charge in [-0.2, -0.15) is 0 Å². The Balaban J connectivity index is 2.01. The predicted octanol–water partition coefficient (Wildman–Crippen LogP) is 2.28. The summed E-state index contributed by atoms with van der Waals surface area (Å²) < 4.78 is 5.21. The zero-order valence-corrected chi connectivity index (χ0v) is 9.38. The Labute approximate surface area is 88.5 Å². The summed E-state index contributed by atoms with van der Waals surface area (Å²) in [7, 11) is 0. The molecule has 1 aromatic rings. The Kier molecular flexibility index (Phi) is 2.58. The Morgan fingerprint density at radius 2 is 2.43 bits per heavy atom. The lowest BCUT2D eigenvalue weighted by molar-refractivity contribution is 0.334. The highest BCUT2D eigenvalue weighted by molar-refractivity contribution is 7.99. The van der Waals surface area contributed by atoms with E-state index in [0.29, 0.717) is 5.25 Å². The maximum Gasteiger partial charge on any atom is 0.255 e. The number of hydrogen-bond acceptors (Lipinski definition) is 4. The lowest BCUT2D eigenvalue weighted by Gasteiger charge is -2.25. The topological polar surface area (TPSA) is 52.0 Å². The average molecular weight is 212 g/mol. The van der Waals surface area contributed by atoms with E-state index in [-0.39, 0.29) is 11.5 Å². The molecule has 4 heteroatoms. The molecule has 1 aliphatic carbocycles. The van der Waals surface area contributed by atoms with E-state index in [2.05, 4.69) is 18.8 Å². The Hall–Kier alpha value is -0.480. The highest BCUT2D eigenvalue weighted by Crippen LogP contribution is 2.43. The summed E-state index contributed by atoms with van der Waals surface area (Å²) in [6.45, 7) is 4.46. The summed E-state index contributed by atoms with van der Waals surface area (Å²) in [4.78, 5) is 4.10.